The summed E-state index contributed by atoms with van der Waals surface area (Å²) in [5.74, 6) is 0.761. The molecule has 2 unspecified atom stereocenters. The fraction of sp³-hybridized carbons (Fsp3) is 0.343. The van der Waals surface area contributed by atoms with Crippen LogP contribution in [0.5, 0.6) is 5.75 Å². The average Bonchev–Trinajstić information content (AvgIpc) is 2.98. The standard InChI is InChI=1S/C35H42N4O2/c1-26-10-8-11-27(2)39(26)24-29-13-4-6-15-33(29)34-16-7-5-14-30(34)25-41-32-19-17-31(18-20-32)37-35(40)36-22-28-12-9-21-38(3)23-28/h4-7,9,12-21,26-27H,8,10-11,22-25H2,1-3H3,(H2,36,37,40). The number of rotatable bonds is 9. The Morgan fingerprint density at radius 2 is 1.56 bits per heavy atom. The summed E-state index contributed by atoms with van der Waals surface area (Å²) in [4.78, 5) is 17.1. The molecule has 1 fully saturated rings. The largest absolute Gasteiger partial charge is 0.489 e. The molecule has 6 nitrogen and oxygen atoms in total. The highest BCUT2D eigenvalue weighted by atomic mass is 16.5. The predicted octanol–water partition coefficient (Wildman–Crippen LogP) is 7.20. The van der Waals surface area contributed by atoms with E-state index in [2.05, 4.69) is 82.8 Å². The second kappa shape index (κ2) is 13.6. The van der Waals surface area contributed by atoms with Crippen molar-refractivity contribution in [2.75, 3.05) is 25.5 Å². The fourth-order valence-electron chi connectivity index (χ4n) is 5.84. The number of likely N-dealkylation sites (N-methyl/N-ethyl adjacent to an activating group) is 1. The van der Waals surface area contributed by atoms with Gasteiger partial charge >= 0.3 is 6.03 Å². The van der Waals surface area contributed by atoms with Crippen molar-refractivity contribution in [3.05, 3.63) is 108 Å². The molecular weight excluding hydrogens is 508 g/mol. The minimum Gasteiger partial charge on any atom is -0.489 e. The van der Waals surface area contributed by atoms with Gasteiger partial charge in [-0.2, -0.15) is 0 Å². The molecule has 3 aromatic rings. The fourth-order valence-corrected chi connectivity index (χ4v) is 5.84. The number of amides is 2. The monoisotopic (exact) mass is 550 g/mol. The van der Waals surface area contributed by atoms with Crippen LogP contribution in [0.25, 0.3) is 11.1 Å². The molecular formula is C35H42N4O2. The third-order valence-corrected chi connectivity index (χ3v) is 8.16. The van der Waals surface area contributed by atoms with Crippen LogP contribution in [0, 0.1) is 0 Å². The molecule has 2 N–H and O–H groups in total. The van der Waals surface area contributed by atoms with E-state index in [-0.39, 0.29) is 6.03 Å². The third-order valence-electron chi connectivity index (χ3n) is 8.16. The van der Waals surface area contributed by atoms with Gasteiger partial charge in [0.2, 0.25) is 0 Å². The van der Waals surface area contributed by atoms with E-state index >= 15 is 0 Å². The maximum absolute atomic E-state index is 12.4. The van der Waals surface area contributed by atoms with E-state index < -0.39 is 0 Å². The topological polar surface area (TPSA) is 56.8 Å². The van der Waals surface area contributed by atoms with Crippen molar-refractivity contribution in [3.8, 4) is 16.9 Å². The number of benzene rings is 3. The predicted molar refractivity (Wildman–Crippen MR) is 168 cm³/mol. The Labute approximate surface area is 244 Å². The zero-order valence-corrected chi connectivity index (χ0v) is 24.5. The lowest BCUT2D eigenvalue weighted by Gasteiger charge is -2.39. The summed E-state index contributed by atoms with van der Waals surface area (Å²) in [6.07, 6.45) is 9.90. The highest BCUT2D eigenvalue weighted by Crippen LogP contribution is 2.32. The average molecular weight is 551 g/mol. The number of allylic oxidation sites excluding steroid dienone is 2. The zero-order valence-electron chi connectivity index (χ0n) is 24.5. The Kier molecular flexibility index (Phi) is 9.42. The summed E-state index contributed by atoms with van der Waals surface area (Å²) >= 11 is 0. The molecule has 0 spiro atoms. The van der Waals surface area contributed by atoms with Crippen LogP contribution in [0.1, 0.15) is 44.2 Å². The van der Waals surface area contributed by atoms with E-state index in [0.29, 0.717) is 25.2 Å². The van der Waals surface area contributed by atoms with Crippen molar-refractivity contribution in [1.82, 2.24) is 15.1 Å². The first-order valence-electron chi connectivity index (χ1n) is 14.7. The van der Waals surface area contributed by atoms with Gasteiger partial charge in [-0.1, -0.05) is 61.0 Å². The zero-order chi connectivity index (χ0) is 28.6. The number of likely N-dealkylation sites (tertiary alicyclic amines) is 1. The van der Waals surface area contributed by atoms with Gasteiger partial charge in [0.1, 0.15) is 12.4 Å². The van der Waals surface area contributed by atoms with Crippen LogP contribution in [-0.2, 0) is 13.2 Å². The van der Waals surface area contributed by atoms with E-state index in [9.17, 15) is 4.79 Å². The van der Waals surface area contributed by atoms with Crippen molar-refractivity contribution in [2.45, 2.75) is 58.3 Å². The van der Waals surface area contributed by atoms with Crippen LogP contribution < -0.4 is 15.4 Å². The van der Waals surface area contributed by atoms with Gasteiger partial charge in [-0.05, 0) is 91.1 Å². The number of urea groups is 1. The summed E-state index contributed by atoms with van der Waals surface area (Å²) in [7, 11) is 2.02. The summed E-state index contributed by atoms with van der Waals surface area (Å²) in [5.41, 5.74) is 6.88. The first-order chi connectivity index (χ1) is 20.0. The Balaban J connectivity index is 1.20. The van der Waals surface area contributed by atoms with Gasteiger partial charge in [-0.15, -0.1) is 0 Å². The molecule has 214 valence electrons. The summed E-state index contributed by atoms with van der Waals surface area (Å²) < 4.78 is 6.22. The van der Waals surface area contributed by atoms with Crippen LogP contribution in [0.2, 0.25) is 0 Å². The molecule has 2 aliphatic heterocycles. The Morgan fingerprint density at radius 1 is 0.902 bits per heavy atom. The molecule has 2 atom stereocenters. The van der Waals surface area contributed by atoms with Crippen LogP contribution >= 0.6 is 0 Å². The minimum atomic E-state index is -0.224. The number of anilines is 1. The molecule has 0 bridgehead atoms. The smallest absolute Gasteiger partial charge is 0.319 e. The van der Waals surface area contributed by atoms with Gasteiger partial charge in [-0.3, -0.25) is 4.90 Å². The lowest BCUT2D eigenvalue weighted by molar-refractivity contribution is 0.0954. The van der Waals surface area contributed by atoms with E-state index in [1.54, 1.807) is 0 Å². The molecule has 41 heavy (non-hydrogen) atoms. The van der Waals surface area contributed by atoms with E-state index in [1.807, 2.05) is 49.7 Å². The van der Waals surface area contributed by atoms with Crippen molar-refractivity contribution < 1.29 is 9.53 Å². The second-order valence-electron chi connectivity index (χ2n) is 11.3. The van der Waals surface area contributed by atoms with Crippen molar-refractivity contribution in [2.24, 2.45) is 0 Å². The molecule has 0 saturated carbocycles. The highest BCUT2D eigenvalue weighted by Gasteiger charge is 2.25. The summed E-state index contributed by atoms with van der Waals surface area (Å²) in [6.45, 7) is 7.47. The number of ether oxygens (including phenoxy) is 1. The number of nitrogens with one attached hydrogen (secondary N) is 2. The van der Waals surface area contributed by atoms with Gasteiger partial charge in [0, 0.05) is 44.5 Å². The number of carbonyl (C=O) groups excluding carboxylic acids is 1. The molecule has 5 rings (SSSR count). The number of hydrogen-bond donors (Lipinski definition) is 2. The molecule has 2 heterocycles. The number of hydrogen-bond acceptors (Lipinski definition) is 4. The first kappa shape index (κ1) is 28.5. The molecule has 2 amide bonds. The molecule has 2 aliphatic rings. The number of carbonyl (C=O) groups is 1. The molecule has 6 heteroatoms. The Hall–Kier alpha value is -4.03. The van der Waals surface area contributed by atoms with Gasteiger partial charge in [0.15, 0.2) is 0 Å². The third kappa shape index (κ3) is 7.59. The van der Waals surface area contributed by atoms with Gasteiger partial charge in [-0.25, -0.2) is 4.79 Å². The quantitative estimate of drug-likeness (QED) is 0.296. The lowest BCUT2D eigenvalue weighted by atomic mass is 9.92. The minimum absolute atomic E-state index is 0.224. The van der Waals surface area contributed by atoms with Crippen molar-refractivity contribution in [1.29, 1.82) is 0 Å². The summed E-state index contributed by atoms with van der Waals surface area (Å²) in [6, 6.07) is 25.8. The van der Waals surface area contributed by atoms with Crippen molar-refractivity contribution >= 4 is 11.7 Å². The molecule has 0 aromatic heterocycles. The maximum Gasteiger partial charge on any atom is 0.319 e. The Morgan fingerprint density at radius 3 is 2.27 bits per heavy atom. The highest BCUT2D eigenvalue weighted by molar-refractivity contribution is 5.89. The first-order valence-corrected chi connectivity index (χ1v) is 14.7. The molecule has 0 aliphatic carbocycles. The lowest BCUT2D eigenvalue weighted by Crippen LogP contribution is -2.43. The van der Waals surface area contributed by atoms with Crippen LogP contribution in [0.3, 0.4) is 0 Å². The van der Waals surface area contributed by atoms with E-state index in [4.69, 9.17) is 4.74 Å². The normalized spacial score (nSPS) is 19.0. The van der Waals surface area contributed by atoms with Gasteiger partial charge < -0.3 is 20.3 Å². The second-order valence-corrected chi connectivity index (χ2v) is 11.3. The molecule has 1 saturated heterocycles. The summed E-state index contributed by atoms with van der Waals surface area (Å²) in [5, 5.41) is 5.83. The SMILES string of the molecule is CC1CCCC(C)N1Cc1ccccc1-c1ccccc1COc1ccc(NC(=O)NCC2=CC=CN(C)C2)cc1. The van der Waals surface area contributed by atoms with Crippen LogP contribution in [0.15, 0.2) is 96.7 Å². The van der Waals surface area contributed by atoms with E-state index in [0.717, 1.165) is 35.7 Å². The Bertz CT molecular complexity index is 1370. The number of nitrogens with zero attached hydrogens (tertiary/aromatic N) is 2. The van der Waals surface area contributed by atoms with Crippen LogP contribution in [-0.4, -0.2) is 48.1 Å². The maximum atomic E-state index is 12.4. The molecule has 0 radical (unpaired) electrons. The van der Waals surface area contributed by atoms with Gasteiger partial charge in [0.05, 0.1) is 0 Å². The van der Waals surface area contributed by atoms with E-state index in [1.165, 1.54) is 36.0 Å². The molecule has 3 aromatic carbocycles. The number of piperidine rings is 1. The van der Waals surface area contributed by atoms with Crippen molar-refractivity contribution in [3.63, 3.8) is 0 Å². The van der Waals surface area contributed by atoms with Crippen LogP contribution in [0.4, 0.5) is 10.5 Å². The van der Waals surface area contributed by atoms with Gasteiger partial charge in [0.25, 0.3) is 0 Å².